The normalized spacial score (nSPS) is 10.3. The van der Waals surface area contributed by atoms with Crippen LogP contribution in [0.1, 0.15) is 48.5 Å². The van der Waals surface area contributed by atoms with E-state index in [0.29, 0.717) is 22.9 Å². The molecule has 0 unspecified atom stereocenters. The summed E-state index contributed by atoms with van der Waals surface area (Å²) >= 11 is 11.4. The first-order chi connectivity index (χ1) is 13.0. The van der Waals surface area contributed by atoms with Gasteiger partial charge in [0, 0.05) is 10.7 Å². The molecule has 6 heteroatoms. The largest absolute Gasteiger partial charge is 0.493 e. The summed E-state index contributed by atoms with van der Waals surface area (Å²) in [6, 6.07) is 12.7. The Hall–Kier alpha value is -2.11. The minimum atomic E-state index is -0.310. The van der Waals surface area contributed by atoms with Crippen LogP contribution >= 0.6 is 23.8 Å². The summed E-state index contributed by atoms with van der Waals surface area (Å²) in [6.07, 6.45) is 4.46. The molecule has 2 N–H and O–H groups in total. The number of hydrogen-bond donors (Lipinski definition) is 2. The fourth-order valence-electron chi connectivity index (χ4n) is 2.49. The molecular formula is C21H25ClN2O2S. The van der Waals surface area contributed by atoms with Crippen LogP contribution in [0.5, 0.6) is 5.75 Å². The Balaban J connectivity index is 1.94. The average Bonchev–Trinajstić information content (AvgIpc) is 2.65. The highest BCUT2D eigenvalue weighted by Crippen LogP contribution is 2.21. The minimum Gasteiger partial charge on any atom is -0.493 e. The number of benzene rings is 2. The Morgan fingerprint density at radius 2 is 1.93 bits per heavy atom. The Labute approximate surface area is 171 Å². The molecule has 2 aromatic carbocycles. The predicted molar refractivity (Wildman–Crippen MR) is 116 cm³/mol. The molecule has 2 rings (SSSR count). The number of thiocarbonyl (C=S) groups is 1. The molecular weight excluding hydrogens is 380 g/mol. The monoisotopic (exact) mass is 404 g/mol. The van der Waals surface area contributed by atoms with Crippen molar-refractivity contribution in [3.63, 3.8) is 0 Å². The van der Waals surface area contributed by atoms with Gasteiger partial charge < -0.3 is 10.1 Å². The van der Waals surface area contributed by atoms with E-state index in [1.165, 1.54) is 12.8 Å². The second-order valence-corrected chi connectivity index (χ2v) is 7.09. The molecule has 2 aromatic rings. The van der Waals surface area contributed by atoms with Crippen LogP contribution in [0.25, 0.3) is 0 Å². The summed E-state index contributed by atoms with van der Waals surface area (Å²) in [6.45, 7) is 4.68. The van der Waals surface area contributed by atoms with E-state index in [0.717, 1.165) is 24.1 Å². The van der Waals surface area contributed by atoms with Crippen LogP contribution in [-0.4, -0.2) is 17.6 Å². The van der Waals surface area contributed by atoms with Crippen LogP contribution in [0.3, 0.4) is 0 Å². The number of carbonyl (C=O) groups is 1. The van der Waals surface area contributed by atoms with Crippen LogP contribution in [0, 0.1) is 6.92 Å². The molecule has 0 heterocycles. The van der Waals surface area contributed by atoms with Gasteiger partial charge in [0.05, 0.1) is 12.2 Å². The standard InChI is InChI=1S/C21H25ClN2O2S/c1-3-4-5-8-13-26-19-10-7-6-9-17(19)20(25)24-21(27)23-16-12-11-15(2)18(22)14-16/h6-7,9-12,14H,3-5,8,13H2,1-2H3,(H2,23,24,25,27). The van der Waals surface area contributed by atoms with Gasteiger partial charge in [0.15, 0.2) is 5.11 Å². The van der Waals surface area contributed by atoms with Gasteiger partial charge in [-0.05, 0) is 55.4 Å². The van der Waals surface area contributed by atoms with E-state index in [9.17, 15) is 4.79 Å². The number of nitrogens with one attached hydrogen (secondary N) is 2. The Bertz CT molecular complexity index is 796. The maximum Gasteiger partial charge on any atom is 0.261 e. The van der Waals surface area contributed by atoms with Crippen LogP contribution in [0.4, 0.5) is 5.69 Å². The van der Waals surface area contributed by atoms with Crippen molar-refractivity contribution < 1.29 is 9.53 Å². The molecule has 0 saturated heterocycles. The molecule has 0 atom stereocenters. The number of hydrogen-bond acceptors (Lipinski definition) is 3. The second kappa shape index (κ2) is 10.9. The molecule has 144 valence electrons. The number of unbranched alkanes of at least 4 members (excludes halogenated alkanes) is 3. The van der Waals surface area contributed by atoms with Gasteiger partial charge in [-0.3, -0.25) is 10.1 Å². The Morgan fingerprint density at radius 1 is 1.15 bits per heavy atom. The van der Waals surface area contributed by atoms with Gasteiger partial charge in [-0.15, -0.1) is 0 Å². The van der Waals surface area contributed by atoms with Crippen molar-refractivity contribution in [1.29, 1.82) is 0 Å². The lowest BCUT2D eigenvalue weighted by molar-refractivity contribution is 0.0973. The second-order valence-electron chi connectivity index (χ2n) is 6.28. The molecule has 0 fully saturated rings. The third-order valence-corrected chi connectivity index (χ3v) is 4.66. The van der Waals surface area contributed by atoms with Crippen molar-refractivity contribution in [1.82, 2.24) is 5.32 Å². The van der Waals surface area contributed by atoms with E-state index in [1.807, 2.05) is 25.1 Å². The van der Waals surface area contributed by atoms with Crippen molar-refractivity contribution in [3.8, 4) is 5.75 Å². The highest BCUT2D eigenvalue weighted by molar-refractivity contribution is 7.80. The number of rotatable bonds is 8. The molecule has 0 saturated carbocycles. The number of para-hydroxylation sites is 1. The zero-order chi connectivity index (χ0) is 19.6. The summed E-state index contributed by atoms with van der Waals surface area (Å²) in [5.74, 6) is 0.252. The number of ether oxygens (including phenoxy) is 1. The van der Waals surface area contributed by atoms with Gasteiger partial charge in [0.2, 0.25) is 0 Å². The third-order valence-electron chi connectivity index (χ3n) is 4.04. The molecule has 4 nitrogen and oxygen atoms in total. The molecule has 27 heavy (non-hydrogen) atoms. The van der Waals surface area contributed by atoms with E-state index in [-0.39, 0.29) is 11.0 Å². The van der Waals surface area contributed by atoms with Crippen LogP contribution in [-0.2, 0) is 0 Å². The zero-order valence-corrected chi connectivity index (χ0v) is 17.3. The van der Waals surface area contributed by atoms with Gasteiger partial charge in [0.1, 0.15) is 5.75 Å². The Morgan fingerprint density at radius 3 is 2.67 bits per heavy atom. The van der Waals surface area contributed by atoms with Gasteiger partial charge >= 0.3 is 0 Å². The highest BCUT2D eigenvalue weighted by Gasteiger charge is 2.13. The number of aryl methyl sites for hydroxylation is 1. The summed E-state index contributed by atoms with van der Waals surface area (Å²) in [5, 5.41) is 6.50. The van der Waals surface area contributed by atoms with Gasteiger partial charge in [-0.25, -0.2) is 0 Å². The van der Waals surface area contributed by atoms with E-state index in [1.54, 1.807) is 24.3 Å². The third kappa shape index (κ3) is 6.85. The maximum absolute atomic E-state index is 12.6. The van der Waals surface area contributed by atoms with Crippen LogP contribution < -0.4 is 15.4 Å². The highest BCUT2D eigenvalue weighted by atomic mass is 35.5. The van der Waals surface area contributed by atoms with Gasteiger partial charge in [-0.2, -0.15) is 0 Å². The lowest BCUT2D eigenvalue weighted by Crippen LogP contribution is -2.34. The number of carbonyl (C=O) groups excluding carboxylic acids is 1. The summed E-state index contributed by atoms with van der Waals surface area (Å²) in [7, 11) is 0. The first-order valence-corrected chi connectivity index (χ1v) is 9.90. The summed E-state index contributed by atoms with van der Waals surface area (Å²) < 4.78 is 5.79. The summed E-state index contributed by atoms with van der Waals surface area (Å²) in [4.78, 5) is 12.6. The molecule has 1 amide bonds. The SMILES string of the molecule is CCCCCCOc1ccccc1C(=O)NC(=S)Nc1ccc(C)c(Cl)c1. The quantitative estimate of drug-likeness (QED) is 0.435. The maximum atomic E-state index is 12.6. The molecule has 0 aliphatic carbocycles. The topological polar surface area (TPSA) is 50.4 Å². The van der Waals surface area contributed by atoms with Gasteiger partial charge in [0.25, 0.3) is 5.91 Å². The summed E-state index contributed by atoms with van der Waals surface area (Å²) in [5.41, 5.74) is 2.15. The van der Waals surface area contributed by atoms with Crippen LogP contribution in [0.15, 0.2) is 42.5 Å². The van der Waals surface area contributed by atoms with Crippen molar-refractivity contribution in [2.75, 3.05) is 11.9 Å². The number of anilines is 1. The van der Waals surface area contributed by atoms with E-state index in [4.69, 9.17) is 28.6 Å². The molecule has 0 aromatic heterocycles. The van der Waals surface area contributed by atoms with Crippen molar-refractivity contribution in [3.05, 3.63) is 58.6 Å². The lowest BCUT2D eigenvalue weighted by atomic mass is 10.2. The van der Waals surface area contributed by atoms with Crippen molar-refractivity contribution in [2.24, 2.45) is 0 Å². The van der Waals surface area contributed by atoms with E-state index >= 15 is 0 Å². The number of amides is 1. The van der Waals surface area contributed by atoms with Gasteiger partial charge in [-0.1, -0.05) is 56.0 Å². The zero-order valence-electron chi connectivity index (χ0n) is 15.7. The molecule has 0 spiro atoms. The molecule has 0 aliphatic rings. The predicted octanol–water partition coefficient (Wildman–Crippen LogP) is 5.73. The first kappa shape index (κ1) is 21.2. The van der Waals surface area contributed by atoms with Crippen molar-refractivity contribution >= 4 is 40.5 Å². The molecule has 0 bridgehead atoms. The fraction of sp³-hybridized carbons (Fsp3) is 0.333. The first-order valence-electron chi connectivity index (χ1n) is 9.11. The van der Waals surface area contributed by atoms with Crippen molar-refractivity contribution in [2.45, 2.75) is 39.5 Å². The molecule has 0 aliphatic heterocycles. The van der Waals surface area contributed by atoms with E-state index in [2.05, 4.69) is 17.6 Å². The lowest BCUT2D eigenvalue weighted by Gasteiger charge is -2.13. The number of halogens is 1. The smallest absolute Gasteiger partial charge is 0.261 e. The van der Waals surface area contributed by atoms with E-state index < -0.39 is 0 Å². The fourth-order valence-corrected chi connectivity index (χ4v) is 2.89. The molecule has 0 radical (unpaired) electrons. The average molecular weight is 405 g/mol. The minimum absolute atomic E-state index is 0.206. The Kier molecular flexibility index (Phi) is 8.55. The van der Waals surface area contributed by atoms with Crippen LogP contribution in [0.2, 0.25) is 5.02 Å².